The maximum atomic E-state index is 13.5. The molecular weight excluding hydrogens is 430 g/mol. The Morgan fingerprint density at radius 1 is 1.00 bits per heavy atom. The van der Waals surface area contributed by atoms with E-state index in [-0.39, 0.29) is 11.7 Å². The number of carbonyl (C=O) groups is 1. The van der Waals surface area contributed by atoms with E-state index in [0.717, 1.165) is 16.1 Å². The number of hydrogen-bond acceptors (Lipinski definition) is 7. The molecule has 32 heavy (non-hydrogen) atoms. The predicted octanol–water partition coefficient (Wildman–Crippen LogP) is 3.10. The van der Waals surface area contributed by atoms with Gasteiger partial charge in [0.2, 0.25) is 0 Å². The topological polar surface area (TPSA) is 113 Å². The van der Waals surface area contributed by atoms with Gasteiger partial charge in [-0.15, -0.1) is 11.3 Å². The summed E-state index contributed by atoms with van der Waals surface area (Å²) < 4.78 is 10.7. The van der Waals surface area contributed by atoms with E-state index in [0.29, 0.717) is 41.3 Å². The van der Waals surface area contributed by atoms with E-state index >= 15 is 0 Å². The van der Waals surface area contributed by atoms with Crippen LogP contribution in [0.5, 0.6) is 11.5 Å². The number of fused-ring (bicyclic) bond motifs is 1. The molecule has 1 aliphatic carbocycles. The van der Waals surface area contributed by atoms with Gasteiger partial charge in [-0.1, -0.05) is 12.1 Å². The zero-order valence-electron chi connectivity index (χ0n) is 17.5. The molecule has 3 heterocycles. The average molecular weight is 452 g/mol. The van der Waals surface area contributed by atoms with Crippen LogP contribution >= 0.6 is 11.3 Å². The molecule has 0 radical (unpaired) electrons. The van der Waals surface area contributed by atoms with Gasteiger partial charge in [-0.2, -0.15) is 0 Å². The number of Topliss-reactive ketones (excluding diaryl/α,β-unsaturated/α-hetero) is 1. The second kappa shape index (κ2) is 7.83. The van der Waals surface area contributed by atoms with Crippen molar-refractivity contribution in [3.8, 4) is 11.5 Å². The van der Waals surface area contributed by atoms with Crippen molar-refractivity contribution in [3.05, 3.63) is 83.8 Å². The molecular formula is C23H21N3O5S. The smallest absolute Gasteiger partial charge is 0.327 e. The normalized spacial score (nSPS) is 19.8. The highest BCUT2D eigenvalue weighted by Crippen LogP contribution is 2.47. The molecule has 0 amide bonds. The zero-order valence-corrected chi connectivity index (χ0v) is 18.3. The third-order valence-corrected chi connectivity index (χ3v) is 6.98. The maximum absolute atomic E-state index is 13.5. The van der Waals surface area contributed by atoms with Gasteiger partial charge in [0.05, 0.1) is 25.7 Å². The van der Waals surface area contributed by atoms with Gasteiger partial charge in [-0.25, -0.2) is 4.79 Å². The monoisotopic (exact) mass is 451 g/mol. The number of hydrogen-bond donors (Lipinski definition) is 3. The first kappa shape index (κ1) is 20.3. The van der Waals surface area contributed by atoms with Crippen molar-refractivity contribution in [2.24, 2.45) is 0 Å². The summed E-state index contributed by atoms with van der Waals surface area (Å²) in [6, 6.07) is 9.46. The van der Waals surface area contributed by atoms with Crippen molar-refractivity contribution in [1.29, 1.82) is 0 Å². The predicted molar refractivity (Wildman–Crippen MR) is 121 cm³/mol. The van der Waals surface area contributed by atoms with Crippen molar-refractivity contribution in [2.45, 2.75) is 24.7 Å². The van der Waals surface area contributed by atoms with Gasteiger partial charge < -0.3 is 14.8 Å². The van der Waals surface area contributed by atoms with Crippen LogP contribution in [-0.4, -0.2) is 30.0 Å². The quantitative estimate of drug-likeness (QED) is 0.562. The summed E-state index contributed by atoms with van der Waals surface area (Å²) in [6.45, 7) is 0. The van der Waals surface area contributed by atoms with Crippen LogP contribution in [0.25, 0.3) is 0 Å². The number of rotatable bonds is 4. The van der Waals surface area contributed by atoms with Crippen LogP contribution in [0, 0.1) is 0 Å². The fraction of sp³-hybridized carbons (Fsp3) is 0.261. The Balaban J connectivity index is 1.61. The fourth-order valence-corrected chi connectivity index (χ4v) is 5.48. The summed E-state index contributed by atoms with van der Waals surface area (Å²) >= 11 is 1.48. The largest absolute Gasteiger partial charge is 0.493 e. The van der Waals surface area contributed by atoms with Crippen LogP contribution in [0.4, 0.5) is 5.82 Å². The van der Waals surface area contributed by atoms with Crippen molar-refractivity contribution >= 4 is 22.9 Å². The minimum Gasteiger partial charge on any atom is -0.493 e. The van der Waals surface area contributed by atoms with Crippen molar-refractivity contribution in [1.82, 2.24) is 9.97 Å². The molecule has 0 bridgehead atoms. The lowest BCUT2D eigenvalue weighted by Crippen LogP contribution is -2.36. The van der Waals surface area contributed by atoms with Gasteiger partial charge in [0.15, 0.2) is 17.3 Å². The molecule has 9 heteroatoms. The second-order valence-corrected chi connectivity index (χ2v) is 8.78. The number of thiophene rings is 1. The Morgan fingerprint density at radius 3 is 2.53 bits per heavy atom. The van der Waals surface area contributed by atoms with Crippen LogP contribution in [0.1, 0.15) is 40.7 Å². The van der Waals surface area contributed by atoms with E-state index in [1.165, 1.54) is 11.3 Å². The Bertz CT molecular complexity index is 1350. The lowest BCUT2D eigenvalue weighted by Gasteiger charge is -2.35. The number of ether oxygens (including phenoxy) is 2. The SMILES string of the molecule is COc1ccc([C@@H]2CC(=O)C3=C(C2)Nc2[nH]c(=O)[nH]c(=O)c2[C@@H]3c2cccs2)cc1OC. The molecule has 0 fully saturated rings. The highest BCUT2D eigenvalue weighted by atomic mass is 32.1. The highest BCUT2D eigenvalue weighted by molar-refractivity contribution is 7.10. The molecule has 3 N–H and O–H groups in total. The van der Waals surface area contributed by atoms with Crippen LogP contribution in [0.15, 0.2) is 56.6 Å². The molecule has 0 spiro atoms. The number of ketones is 1. The van der Waals surface area contributed by atoms with Crippen LogP contribution in [0.2, 0.25) is 0 Å². The minimum absolute atomic E-state index is 0.0202. The molecule has 2 atom stereocenters. The van der Waals surface area contributed by atoms with Crippen LogP contribution in [0.3, 0.4) is 0 Å². The first-order valence-electron chi connectivity index (χ1n) is 10.1. The number of allylic oxidation sites excluding steroid dienone is 2. The molecule has 5 rings (SSSR count). The number of carbonyl (C=O) groups excluding carboxylic acids is 1. The van der Waals surface area contributed by atoms with E-state index < -0.39 is 17.2 Å². The number of anilines is 1. The molecule has 3 aromatic rings. The summed E-state index contributed by atoms with van der Waals surface area (Å²) in [5, 5.41) is 5.10. The Labute approximate surface area is 186 Å². The van der Waals surface area contributed by atoms with Crippen molar-refractivity contribution in [3.63, 3.8) is 0 Å². The van der Waals surface area contributed by atoms with Gasteiger partial charge in [0.25, 0.3) is 5.56 Å². The number of nitrogens with one attached hydrogen (secondary N) is 3. The van der Waals surface area contributed by atoms with E-state index in [9.17, 15) is 14.4 Å². The summed E-state index contributed by atoms with van der Waals surface area (Å²) in [5.41, 5.74) is 1.57. The first-order valence-corrected chi connectivity index (χ1v) is 11.0. The number of methoxy groups -OCH3 is 2. The number of H-pyrrole nitrogens is 2. The van der Waals surface area contributed by atoms with Gasteiger partial charge in [0.1, 0.15) is 5.82 Å². The molecule has 164 valence electrons. The number of benzene rings is 1. The zero-order chi connectivity index (χ0) is 22.4. The highest BCUT2D eigenvalue weighted by Gasteiger charge is 2.40. The second-order valence-electron chi connectivity index (χ2n) is 7.81. The summed E-state index contributed by atoms with van der Waals surface area (Å²) in [5.74, 6) is 0.961. The molecule has 0 saturated heterocycles. The number of aromatic nitrogens is 2. The van der Waals surface area contributed by atoms with E-state index in [1.807, 2.05) is 35.7 Å². The number of aromatic amines is 2. The molecule has 0 unspecified atom stereocenters. The fourth-order valence-electron chi connectivity index (χ4n) is 4.63. The maximum Gasteiger partial charge on any atom is 0.327 e. The lowest BCUT2D eigenvalue weighted by molar-refractivity contribution is -0.116. The van der Waals surface area contributed by atoms with E-state index in [2.05, 4.69) is 15.3 Å². The Hall–Kier alpha value is -3.59. The van der Waals surface area contributed by atoms with Gasteiger partial charge in [0, 0.05) is 22.6 Å². The van der Waals surface area contributed by atoms with Crippen LogP contribution < -0.4 is 26.0 Å². The van der Waals surface area contributed by atoms with Crippen molar-refractivity contribution in [2.75, 3.05) is 19.5 Å². The third kappa shape index (κ3) is 3.25. The molecule has 8 nitrogen and oxygen atoms in total. The average Bonchev–Trinajstić information content (AvgIpc) is 3.31. The standard InChI is InChI=1S/C23H21N3O5S/c1-30-15-6-5-11(10-16(15)31-2)12-8-13-18(14(27)9-12)19(17-4-3-7-32-17)20-21(24-13)25-23(29)26-22(20)28/h3-7,10,12,19H,8-9H2,1-2H3,(H3,24,25,26,28,29)/t12-,19+/m0/s1. The van der Waals surface area contributed by atoms with E-state index in [1.54, 1.807) is 14.2 Å². The van der Waals surface area contributed by atoms with Gasteiger partial charge in [-0.3, -0.25) is 19.6 Å². The summed E-state index contributed by atoms with van der Waals surface area (Å²) in [7, 11) is 3.16. The Kier molecular flexibility index (Phi) is 4.97. The van der Waals surface area contributed by atoms with Crippen molar-refractivity contribution < 1.29 is 14.3 Å². The van der Waals surface area contributed by atoms with Gasteiger partial charge >= 0.3 is 5.69 Å². The molecule has 2 aromatic heterocycles. The molecule has 1 aromatic carbocycles. The van der Waals surface area contributed by atoms with E-state index in [4.69, 9.17) is 9.47 Å². The minimum atomic E-state index is -0.589. The third-order valence-electron chi connectivity index (χ3n) is 6.05. The Morgan fingerprint density at radius 2 is 1.81 bits per heavy atom. The first-order chi connectivity index (χ1) is 15.5. The summed E-state index contributed by atoms with van der Waals surface area (Å²) in [6.07, 6.45) is 0.876. The molecule has 2 aliphatic rings. The lowest BCUT2D eigenvalue weighted by atomic mass is 9.74. The van der Waals surface area contributed by atoms with Gasteiger partial charge in [-0.05, 0) is 41.5 Å². The van der Waals surface area contributed by atoms with Crippen LogP contribution in [-0.2, 0) is 4.79 Å². The molecule has 1 aliphatic heterocycles. The summed E-state index contributed by atoms with van der Waals surface area (Å²) in [4.78, 5) is 44.0. The molecule has 0 saturated carbocycles.